The van der Waals surface area contributed by atoms with E-state index in [0.717, 1.165) is 12.8 Å². The summed E-state index contributed by atoms with van der Waals surface area (Å²) >= 11 is 1.30. The Kier molecular flexibility index (Phi) is 5.41. The number of hydrogen-bond donors (Lipinski definition) is 1. The molecule has 0 spiro atoms. The van der Waals surface area contributed by atoms with Crippen LogP contribution in [0, 0.1) is 0 Å². The summed E-state index contributed by atoms with van der Waals surface area (Å²) < 4.78 is 38.5. The number of para-hydroxylation sites is 1. The molecule has 1 heterocycles. The normalized spacial score (nSPS) is 12.0. The van der Waals surface area contributed by atoms with Gasteiger partial charge in [-0.1, -0.05) is 24.6 Å². The number of unbranched alkanes of at least 4 members (excludes halogenated alkanes) is 2. The molecule has 0 aliphatic rings. The van der Waals surface area contributed by atoms with Gasteiger partial charge in [0.15, 0.2) is 0 Å². The van der Waals surface area contributed by atoms with Gasteiger partial charge in [-0.3, -0.25) is 0 Å². The van der Waals surface area contributed by atoms with Crippen LogP contribution in [-0.4, -0.2) is 27.4 Å². The molecule has 0 aliphatic heterocycles. The number of benzene rings is 1. The third-order valence-corrected chi connectivity index (χ3v) is 3.94. The topological polar surface area (TPSA) is 46.0 Å². The Morgan fingerprint density at radius 2 is 1.81 bits per heavy atom. The van der Waals surface area contributed by atoms with Crippen molar-refractivity contribution in [1.29, 1.82) is 0 Å². The number of nitrogens with zero attached hydrogens (tertiary/aromatic N) is 2. The van der Waals surface area contributed by atoms with Crippen LogP contribution in [0.2, 0.25) is 0 Å². The van der Waals surface area contributed by atoms with Gasteiger partial charge in [0.25, 0.3) is 0 Å². The van der Waals surface area contributed by atoms with Crippen molar-refractivity contribution < 1.29 is 18.3 Å². The molecule has 0 unspecified atom stereocenters. The lowest BCUT2D eigenvalue weighted by Gasteiger charge is -2.10. The van der Waals surface area contributed by atoms with Gasteiger partial charge in [0.2, 0.25) is 5.82 Å². The first kappa shape index (κ1) is 16.0. The van der Waals surface area contributed by atoms with Crippen molar-refractivity contribution in [2.45, 2.75) is 30.5 Å². The van der Waals surface area contributed by atoms with Crippen molar-refractivity contribution in [1.82, 2.24) is 9.97 Å². The van der Waals surface area contributed by atoms with Crippen molar-refractivity contribution >= 4 is 22.7 Å². The summed E-state index contributed by atoms with van der Waals surface area (Å²) in [6.07, 6.45) is -2.17. The number of thioether (sulfide) groups is 1. The second kappa shape index (κ2) is 7.09. The Hall–Kier alpha value is -1.34. The average molecular weight is 316 g/mol. The summed E-state index contributed by atoms with van der Waals surface area (Å²) in [6.45, 7) is 0.138. The number of halogens is 3. The Balaban J connectivity index is 2.23. The molecule has 0 aliphatic carbocycles. The van der Waals surface area contributed by atoms with E-state index in [-0.39, 0.29) is 6.61 Å². The highest BCUT2D eigenvalue weighted by Gasteiger charge is 2.35. The summed E-state index contributed by atoms with van der Waals surface area (Å²) in [5.41, 5.74) is 0.303. The largest absolute Gasteiger partial charge is 0.451 e. The van der Waals surface area contributed by atoms with Gasteiger partial charge in [0.05, 0.1) is 5.52 Å². The minimum atomic E-state index is -4.55. The van der Waals surface area contributed by atoms with E-state index in [2.05, 4.69) is 9.97 Å². The number of aliphatic hydroxyl groups is 1. The van der Waals surface area contributed by atoms with Crippen molar-refractivity contribution in [3.63, 3.8) is 0 Å². The molecule has 2 rings (SSSR count). The predicted molar refractivity (Wildman–Crippen MR) is 76.2 cm³/mol. The average Bonchev–Trinajstić information content (AvgIpc) is 2.45. The van der Waals surface area contributed by atoms with Crippen molar-refractivity contribution in [2.24, 2.45) is 0 Å². The zero-order chi connectivity index (χ0) is 15.3. The van der Waals surface area contributed by atoms with Gasteiger partial charge < -0.3 is 5.11 Å². The van der Waals surface area contributed by atoms with E-state index in [4.69, 9.17) is 5.11 Å². The first-order valence-corrected chi connectivity index (χ1v) is 7.58. The third-order valence-electron chi connectivity index (χ3n) is 2.86. The number of rotatable bonds is 6. The lowest BCUT2D eigenvalue weighted by atomic mass is 10.2. The van der Waals surface area contributed by atoms with Crippen LogP contribution >= 0.6 is 11.8 Å². The molecule has 0 atom stereocenters. The highest BCUT2D eigenvalue weighted by Crippen LogP contribution is 2.32. The van der Waals surface area contributed by atoms with Crippen molar-refractivity contribution in [3.05, 3.63) is 30.1 Å². The Morgan fingerprint density at radius 3 is 2.52 bits per heavy atom. The maximum absolute atomic E-state index is 12.8. The van der Waals surface area contributed by atoms with Crippen LogP contribution in [0.1, 0.15) is 25.1 Å². The number of aromatic nitrogens is 2. The molecule has 2 aromatic rings. The first-order valence-electron chi connectivity index (χ1n) is 6.60. The minimum Gasteiger partial charge on any atom is -0.396 e. The minimum absolute atomic E-state index is 0.138. The van der Waals surface area contributed by atoms with Crippen LogP contribution in [0.5, 0.6) is 0 Å². The number of hydrogen-bond acceptors (Lipinski definition) is 4. The van der Waals surface area contributed by atoms with Gasteiger partial charge >= 0.3 is 6.18 Å². The Bertz CT molecular complexity index is 604. The number of fused-ring (bicyclic) bond motifs is 1. The van der Waals surface area contributed by atoms with Crippen LogP contribution in [0.4, 0.5) is 13.2 Å². The SMILES string of the molecule is OCCCCCSc1nc(C(F)(F)F)nc2ccccc12. The van der Waals surface area contributed by atoms with E-state index >= 15 is 0 Å². The smallest absolute Gasteiger partial charge is 0.396 e. The van der Waals surface area contributed by atoms with Gasteiger partial charge in [-0.2, -0.15) is 13.2 Å². The van der Waals surface area contributed by atoms with Crippen molar-refractivity contribution in [2.75, 3.05) is 12.4 Å². The monoisotopic (exact) mass is 316 g/mol. The summed E-state index contributed by atoms with van der Waals surface area (Å²) in [7, 11) is 0. The molecule has 0 fully saturated rings. The van der Waals surface area contributed by atoms with E-state index in [1.54, 1.807) is 24.3 Å². The van der Waals surface area contributed by atoms with Crippen LogP contribution in [-0.2, 0) is 6.18 Å². The molecule has 1 aromatic carbocycles. The summed E-state index contributed by atoms with van der Waals surface area (Å²) in [5, 5.41) is 9.69. The maximum atomic E-state index is 12.8. The standard InChI is InChI=1S/C14H15F3N2OS/c15-14(16,17)13-18-11-7-3-2-6-10(11)12(19-13)21-9-5-1-4-8-20/h2-3,6-7,20H,1,4-5,8-9H2. The highest BCUT2D eigenvalue weighted by atomic mass is 32.2. The summed E-state index contributed by atoms with van der Waals surface area (Å²) in [4.78, 5) is 7.25. The second-order valence-electron chi connectivity index (χ2n) is 4.50. The van der Waals surface area contributed by atoms with Gasteiger partial charge in [0.1, 0.15) is 5.03 Å². The van der Waals surface area contributed by atoms with Gasteiger partial charge in [-0.05, 0) is 24.7 Å². The molecule has 1 N–H and O–H groups in total. The molecular formula is C14H15F3N2OS. The molecule has 21 heavy (non-hydrogen) atoms. The summed E-state index contributed by atoms with van der Waals surface area (Å²) in [5.74, 6) is -0.433. The molecule has 114 valence electrons. The lowest BCUT2D eigenvalue weighted by molar-refractivity contribution is -0.145. The zero-order valence-electron chi connectivity index (χ0n) is 11.2. The first-order chi connectivity index (χ1) is 10.0. The molecule has 0 radical (unpaired) electrons. The number of alkyl halides is 3. The van der Waals surface area contributed by atoms with E-state index in [1.807, 2.05) is 0 Å². The van der Waals surface area contributed by atoms with E-state index < -0.39 is 12.0 Å². The van der Waals surface area contributed by atoms with Gasteiger partial charge in [-0.25, -0.2) is 9.97 Å². The molecule has 0 amide bonds. The van der Waals surface area contributed by atoms with Crippen LogP contribution in [0.15, 0.2) is 29.3 Å². The van der Waals surface area contributed by atoms with E-state index in [9.17, 15) is 13.2 Å². The zero-order valence-corrected chi connectivity index (χ0v) is 12.0. The third kappa shape index (κ3) is 4.31. The van der Waals surface area contributed by atoms with Gasteiger partial charge in [-0.15, -0.1) is 11.8 Å². The maximum Gasteiger partial charge on any atom is 0.451 e. The molecule has 0 bridgehead atoms. The quantitative estimate of drug-likeness (QED) is 0.499. The molecule has 7 heteroatoms. The summed E-state index contributed by atoms with van der Waals surface area (Å²) in [6, 6.07) is 6.70. The molecule has 0 saturated heterocycles. The van der Waals surface area contributed by atoms with E-state index in [1.165, 1.54) is 11.8 Å². The highest BCUT2D eigenvalue weighted by molar-refractivity contribution is 7.99. The second-order valence-corrected chi connectivity index (χ2v) is 5.58. The predicted octanol–water partition coefficient (Wildman–Crippen LogP) is 3.90. The fourth-order valence-electron chi connectivity index (χ4n) is 1.84. The van der Waals surface area contributed by atoms with Crippen LogP contribution in [0.25, 0.3) is 10.9 Å². The van der Waals surface area contributed by atoms with E-state index in [0.29, 0.717) is 28.1 Å². The lowest BCUT2D eigenvalue weighted by Crippen LogP contribution is -2.11. The molecule has 0 saturated carbocycles. The molecule has 3 nitrogen and oxygen atoms in total. The van der Waals surface area contributed by atoms with Gasteiger partial charge in [0, 0.05) is 12.0 Å². The fraction of sp³-hybridized carbons (Fsp3) is 0.429. The molecule has 1 aromatic heterocycles. The fourth-order valence-corrected chi connectivity index (χ4v) is 2.86. The van der Waals surface area contributed by atoms with Crippen LogP contribution < -0.4 is 0 Å². The molecular weight excluding hydrogens is 301 g/mol. The Labute approximate surface area is 124 Å². The number of aliphatic hydroxyl groups excluding tert-OH is 1. The Morgan fingerprint density at radius 1 is 1.05 bits per heavy atom. The van der Waals surface area contributed by atoms with Crippen LogP contribution in [0.3, 0.4) is 0 Å². The van der Waals surface area contributed by atoms with Crippen molar-refractivity contribution in [3.8, 4) is 0 Å².